The first kappa shape index (κ1) is 24.2. The van der Waals surface area contributed by atoms with Gasteiger partial charge in [-0.05, 0) is 46.0 Å². The molecule has 0 fully saturated rings. The van der Waals surface area contributed by atoms with Gasteiger partial charge < -0.3 is 10.2 Å². The van der Waals surface area contributed by atoms with Gasteiger partial charge in [0.05, 0.1) is 11.4 Å². The molecule has 0 unspecified atom stereocenters. The molecule has 0 aliphatic rings. The third-order valence-corrected chi connectivity index (χ3v) is 6.73. The van der Waals surface area contributed by atoms with Crippen LogP contribution in [-0.4, -0.2) is 24.6 Å². The van der Waals surface area contributed by atoms with Gasteiger partial charge in [0, 0.05) is 19.0 Å². The van der Waals surface area contributed by atoms with Crippen LogP contribution in [0.2, 0.25) is 0 Å². The molecule has 0 atom stereocenters. The van der Waals surface area contributed by atoms with Crippen LogP contribution in [0.25, 0.3) is 28.9 Å². The van der Waals surface area contributed by atoms with Gasteiger partial charge in [-0.15, -0.1) is 0 Å². The Morgan fingerprint density at radius 2 is 1.21 bits per heavy atom. The standard InChI is InChI=1S/C34H27N3O2/c38-30-19-14-26(15-20-30)22-32-34(39)37-23-29(35-31(33(37)36-32)21-25-7-3-1-4-8-25)18-13-24-11-16-28(17-12-24)27-9-5-2-6-10-27/h1-20,23,38-39H,21-22H2/b18-13+. The Balaban J connectivity index is 1.35. The first-order valence-electron chi connectivity index (χ1n) is 12.9. The summed E-state index contributed by atoms with van der Waals surface area (Å²) in [6.45, 7) is 0. The van der Waals surface area contributed by atoms with E-state index in [1.54, 1.807) is 16.5 Å². The van der Waals surface area contributed by atoms with E-state index in [9.17, 15) is 10.2 Å². The average molecular weight is 510 g/mol. The Bertz CT molecular complexity index is 1740. The van der Waals surface area contributed by atoms with Crippen LogP contribution < -0.4 is 0 Å². The molecule has 2 N–H and O–H groups in total. The SMILES string of the molecule is Oc1ccc(Cc2nc3c(Cc4ccccc4)nc(/C=C/c4ccc(-c5ccccc5)cc4)cn3c2O)cc1. The molecule has 39 heavy (non-hydrogen) atoms. The molecule has 0 amide bonds. The van der Waals surface area contributed by atoms with Crippen molar-refractivity contribution in [2.24, 2.45) is 0 Å². The van der Waals surface area contributed by atoms with Gasteiger partial charge >= 0.3 is 0 Å². The van der Waals surface area contributed by atoms with Crippen LogP contribution in [0.15, 0.2) is 115 Å². The first-order valence-corrected chi connectivity index (χ1v) is 12.9. The third kappa shape index (κ3) is 5.43. The minimum Gasteiger partial charge on any atom is -0.508 e. The molecule has 0 saturated heterocycles. The quantitative estimate of drug-likeness (QED) is 0.240. The maximum atomic E-state index is 11.1. The Hall–Kier alpha value is -5.16. The molecule has 0 saturated carbocycles. The van der Waals surface area contributed by atoms with Crippen molar-refractivity contribution < 1.29 is 10.2 Å². The molecular weight excluding hydrogens is 482 g/mol. The summed E-state index contributed by atoms with van der Waals surface area (Å²) >= 11 is 0. The van der Waals surface area contributed by atoms with Crippen molar-refractivity contribution in [3.8, 4) is 22.8 Å². The van der Waals surface area contributed by atoms with Crippen LogP contribution in [0.1, 0.15) is 33.8 Å². The van der Waals surface area contributed by atoms with Gasteiger partial charge in [-0.25, -0.2) is 9.97 Å². The van der Waals surface area contributed by atoms with Crippen LogP contribution in [0, 0.1) is 0 Å². The number of imidazole rings is 1. The highest BCUT2D eigenvalue weighted by atomic mass is 16.3. The molecule has 0 bridgehead atoms. The molecule has 190 valence electrons. The third-order valence-electron chi connectivity index (χ3n) is 6.73. The normalized spacial score (nSPS) is 11.4. The van der Waals surface area contributed by atoms with Crippen molar-refractivity contribution in [2.75, 3.05) is 0 Å². The number of rotatable bonds is 7. The topological polar surface area (TPSA) is 70.7 Å². The van der Waals surface area contributed by atoms with Crippen LogP contribution in [0.5, 0.6) is 11.6 Å². The molecule has 0 aliphatic carbocycles. The van der Waals surface area contributed by atoms with Gasteiger partial charge in [0.1, 0.15) is 11.4 Å². The van der Waals surface area contributed by atoms with E-state index in [-0.39, 0.29) is 11.6 Å². The number of benzene rings is 4. The summed E-state index contributed by atoms with van der Waals surface area (Å²) in [6, 6.07) is 35.8. The lowest BCUT2D eigenvalue weighted by molar-refractivity contribution is 0.442. The van der Waals surface area contributed by atoms with Crippen molar-refractivity contribution >= 4 is 17.8 Å². The van der Waals surface area contributed by atoms with Gasteiger partial charge in [0.15, 0.2) is 5.65 Å². The number of aromatic hydroxyl groups is 2. The molecule has 6 aromatic rings. The predicted octanol–water partition coefficient (Wildman–Crippen LogP) is 7.16. The Morgan fingerprint density at radius 3 is 1.92 bits per heavy atom. The fourth-order valence-electron chi connectivity index (χ4n) is 4.68. The smallest absolute Gasteiger partial charge is 0.219 e. The van der Waals surface area contributed by atoms with Crippen molar-refractivity contribution in [1.82, 2.24) is 14.4 Å². The molecular formula is C34H27N3O2. The molecule has 0 radical (unpaired) electrons. The van der Waals surface area contributed by atoms with Gasteiger partial charge in [-0.2, -0.15) is 0 Å². The van der Waals surface area contributed by atoms with E-state index in [1.807, 2.05) is 66.9 Å². The van der Waals surface area contributed by atoms with Crippen LogP contribution >= 0.6 is 0 Å². The maximum Gasteiger partial charge on any atom is 0.219 e. The lowest BCUT2D eigenvalue weighted by atomic mass is 10.0. The fraction of sp³-hybridized carbons (Fsp3) is 0.0588. The predicted molar refractivity (Wildman–Crippen MR) is 156 cm³/mol. The molecule has 4 aromatic carbocycles. The van der Waals surface area contributed by atoms with E-state index < -0.39 is 0 Å². The van der Waals surface area contributed by atoms with Gasteiger partial charge in [-0.1, -0.05) is 103 Å². The van der Waals surface area contributed by atoms with Crippen molar-refractivity contribution in [1.29, 1.82) is 0 Å². The van der Waals surface area contributed by atoms with Crippen molar-refractivity contribution in [2.45, 2.75) is 12.8 Å². The highest BCUT2D eigenvalue weighted by Gasteiger charge is 2.17. The first-order chi connectivity index (χ1) is 19.1. The Morgan fingerprint density at radius 1 is 0.590 bits per heavy atom. The van der Waals surface area contributed by atoms with E-state index in [0.29, 0.717) is 24.2 Å². The highest BCUT2D eigenvalue weighted by Crippen LogP contribution is 2.27. The zero-order valence-electron chi connectivity index (χ0n) is 21.3. The van der Waals surface area contributed by atoms with Crippen LogP contribution in [0.4, 0.5) is 0 Å². The minimum atomic E-state index is 0.0941. The molecule has 0 aliphatic heterocycles. The molecule has 5 heteroatoms. The summed E-state index contributed by atoms with van der Waals surface area (Å²) in [7, 11) is 0. The zero-order valence-corrected chi connectivity index (χ0v) is 21.3. The van der Waals surface area contributed by atoms with Gasteiger partial charge in [-0.3, -0.25) is 4.40 Å². The van der Waals surface area contributed by atoms with Crippen LogP contribution in [0.3, 0.4) is 0 Å². The highest BCUT2D eigenvalue weighted by molar-refractivity contribution is 5.71. The Labute approximate surface area is 227 Å². The van der Waals surface area contributed by atoms with E-state index in [0.717, 1.165) is 28.1 Å². The fourth-order valence-corrected chi connectivity index (χ4v) is 4.68. The number of nitrogens with zero attached hydrogens (tertiary/aromatic N) is 3. The van der Waals surface area contributed by atoms with Crippen molar-refractivity contribution in [3.63, 3.8) is 0 Å². The van der Waals surface area contributed by atoms with Crippen LogP contribution in [-0.2, 0) is 12.8 Å². The largest absolute Gasteiger partial charge is 0.508 e. The number of hydrogen-bond donors (Lipinski definition) is 2. The summed E-state index contributed by atoms with van der Waals surface area (Å²) in [5.74, 6) is 0.301. The number of hydrogen-bond acceptors (Lipinski definition) is 4. The van der Waals surface area contributed by atoms with E-state index in [4.69, 9.17) is 9.97 Å². The summed E-state index contributed by atoms with van der Waals surface area (Å²) in [6.07, 6.45) is 6.84. The Kier molecular flexibility index (Phi) is 6.62. The lowest BCUT2D eigenvalue weighted by Crippen LogP contribution is -2.00. The summed E-state index contributed by atoms with van der Waals surface area (Å²) in [5.41, 5.74) is 8.19. The molecule has 2 heterocycles. The van der Waals surface area contributed by atoms with Gasteiger partial charge in [0.2, 0.25) is 5.88 Å². The average Bonchev–Trinajstić information content (AvgIpc) is 3.29. The second kappa shape index (κ2) is 10.7. The minimum absolute atomic E-state index is 0.0941. The van der Waals surface area contributed by atoms with E-state index >= 15 is 0 Å². The molecule has 0 spiro atoms. The number of aromatic nitrogens is 3. The van der Waals surface area contributed by atoms with Gasteiger partial charge in [0.25, 0.3) is 0 Å². The monoisotopic (exact) mass is 509 g/mol. The zero-order chi connectivity index (χ0) is 26.6. The summed E-state index contributed by atoms with van der Waals surface area (Å²) in [5, 5.41) is 20.8. The second-order valence-corrected chi connectivity index (χ2v) is 9.52. The lowest BCUT2D eigenvalue weighted by Gasteiger charge is -2.06. The molecule has 2 aromatic heterocycles. The molecule has 5 nitrogen and oxygen atoms in total. The van der Waals surface area contributed by atoms with E-state index in [2.05, 4.69) is 48.5 Å². The molecule has 6 rings (SSSR count). The summed E-state index contributed by atoms with van der Waals surface area (Å²) < 4.78 is 1.72. The van der Waals surface area contributed by atoms with E-state index in [1.165, 1.54) is 11.1 Å². The number of fused-ring (bicyclic) bond motifs is 1. The van der Waals surface area contributed by atoms with Crippen molar-refractivity contribution in [3.05, 3.63) is 149 Å². The summed E-state index contributed by atoms with van der Waals surface area (Å²) in [4.78, 5) is 9.72. The number of phenolic OH excluding ortho intramolecular Hbond substituents is 1. The second-order valence-electron chi connectivity index (χ2n) is 9.52. The maximum absolute atomic E-state index is 11.1. The number of phenols is 1.